The Hall–Kier alpha value is -4.30. The number of aromatic nitrogens is 2. The average Bonchev–Trinajstić information content (AvgIpc) is 3.41. The van der Waals surface area contributed by atoms with Crippen LogP contribution in [0.3, 0.4) is 0 Å². The molecule has 3 heterocycles. The van der Waals surface area contributed by atoms with Crippen LogP contribution in [-0.4, -0.2) is 57.1 Å². The highest BCUT2D eigenvalue weighted by Gasteiger charge is 2.19. The number of anilines is 1. The second-order valence-corrected chi connectivity index (χ2v) is 9.06. The summed E-state index contributed by atoms with van der Waals surface area (Å²) in [6.07, 6.45) is 0.625. The molecular formula is C30H29N3O5. The standard InChI is InChI=1S/C30H29N3O5/c1-34-26-9-5-7-20(28(26)35-2)12-15-37-30-31-24-11-10-22(27-19-21-6-3-4-8-25(21)38-27)18-23(24)29(32-30)33-13-16-36-17-14-33/h3-11,18-19H,12-17H2,1-2H3. The van der Waals surface area contributed by atoms with Crippen molar-refractivity contribution in [2.24, 2.45) is 0 Å². The molecule has 0 aliphatic carbocycles. The molecule has 0 saturated carbocycles. The first-order valence-electron chi connectivity index (χ1n) is 12.7. The lowest BCUT2D eigenvalue weighted by Gasteiger charge is -2.29. The normalized spacial score (nSPS) is 13.7. The largest absolute Gasteiger partial charge is 0.493 e. The molecule has 5 aromatic rings. The fourth-order valence-corrected chi connectivity index (χ4v) is 4.85. The lowest BCUT2D eigenvalue weighted by molar-refractivity contribution is 0.122. The Bertz CT molecular complexity index is 1540. The van der Waals surface area contributed by atoms with Gasteiger partial charge in [0.1, 0.15) is 17.2 Å². The summed E-state index contributed by atoms with van der Waals surface area (Å²) in [4.78, 5) is 11.8. The number of furan rings is 1. The van der Waals surface area contributed by atoms with E-state index < -0.39 is 0 Å². The maximum Gasteiger partial charge on any atom is 0.318 e. The van der Waals surface area contributed by atoms with Gasteiger partial charge in [-0.3, -0.25) is 0 Å². The van der Waals surface area contributed by atoms with E-state index in [0.717, 1.165) is 57.7 Å². The van der Waals surface area contributed by atoms with E-state index in [1.165, 1.54) is 0 Å². The van der Waals surface area contributed by atoms with Crippen molar-refractivity contribution in [3.8, 4) is 28.8 Å². The number of morpholine rings is 1. The van der Waals surface area contributed by atoms with Crippen molar-refractivity contribution >= 4 is 27.7 Å². The van der Waals surface area contributed by atoms with E-state index in [2.05, 4.69) is 23.1 Å². The maximum absolute atomic E-state index is 6.12. The maximum atomic E-state index is 6.12. The zero-order valence-electron chi connectivity index (χ0n) is 21.5. The Balaban J connectivity index is 1.32. The van der Waals surface area contributed by atoms with Gasteiger partial charge in [-0.2, -0.15) is 9.97 Å². The number of para-hydroxylation sites is 2. The van der Waals surface area contributed by atoms with E-state index in [-0.39, 0.29) is 0 Å². The van der Waals surface area contributed by atoms with Gasteiger partial charge in [0.05, 0.1) is 39.6 Å². The Morgan fingerprint density at radius 1 is 0.895 bits per heavy atom. The van der Waals surface area contributed by atoms with Crippen LogP contribution in [-0.2, 0) is 11.2 Å². The van der Waals surface area contributed by atoms with Crippen LogP contribution in [0.1, 0.15) is 5.56 Å². The van der Waals surface area contributed by atoms with Crippen molar-refractivity contribution in [2.45, 2.75) is 6.42 Å². The molecule has 2 aromatic heterocycles. The summed E-state index contributed by atoms with van der Waals surface area (Å²) in [5, 5.41) is 2.02. The summed E-state index contributed by atoms with van der Waals surface area (Å²) in [6, 6.07) is 22.4. The van der Waals surface area contributed by atoms with Gasteiger partial charge in [-0.05, 0) is 36.4 Å². The van der Waals surface area contributed by atoms with E-state index in [0.29, 0.717) is 43.8 Å². The molecule has 1 aliphatic heterocycles. The van der Waals surface area contributed by atoms with Crippen molar-refractivity contribution in [1.29, 1.82) is 0 Å². The molecule has 0 unspecified atom stereocenters. The van der Waals surface area contributed by atoms with E-state index in [4.69, 9.17) is 33.3 Å². The van der Waals surface area contributed by atoms with Gasteiger partial charge in [0, 0.05) is 41.4 Å². The molecule has 1 aliphatic rings. The first-order chi connectivity index (χ1) is 18.7. The zero-order valence-corrected chi connectivity index (χ0v) is 21.5. The SMILES string of the molecule is COc1cccc(CCOc2nc(N3CCOCC3)c3cc(-c4cc5ccccc5o4)ccc3n2)c1OC. The van der Waals surface area contributed by atoms with Crippen LogP contribution in [0.2, 0.25) is 0 Å². The number of fused-ring (bicyclic) bond motifs is 2. The van der Waals surface area contributed by atoms with Gasteiger partial charge in [-0.15, -0.1) is 0 Å². The second kappa shape index (κ2) is 10.6. The molecule has 0 amide bonds. The Labute approximate surface area is 220 Å². The predicted molar refractivity (Wildman–Crippen MR) is 147 cm³/mol. The number of hydrogen-bond acceptors (Lipinski definition) is 8. The first-order valence-corrected chi connectivity index (χ1v) is 12.7. The van der Waals surface area contributed by atoms with Crippen LogP contribution in [0.15, 0.2) is 71.1 Å². The van der Waals surface area contributed by atoms with Crippen LogP contribution in [0.4, 0.5) is 5.82 Å². The quantitative estimate of drug-likeness (QED) is 0.270. The minimum Gasteiger partial charge on any atom is -0.493 e. The highest BCUT2D eigenvalue weighted by molar-refractivity contribution is 5.94. The fourth-order valence-electron chi connectivity index (χ4n) is 4.85. The molecule has 38 heavy (non-hydrogen) atoms. The van der Waals surface area contributed by atoms with Crippen LogP contribution < -0.4 is 19.1 Å². The zero-order chi connectivity index (χ0) is 25.9. The second-order valence-electron chi connectivity index (χ2n) is 9.06. The number of methoxy groups -OCH3 is 2. The average molecular weight is 512 g/mol. The minimum absolute atomic E-state index is 0.345. The molecule has 0 atom stereocenters. The van der Waals surface area contributed by atoms with Crippen LogP contribution in [0.5, 0.6) is 17.5 Å². The molecule has 0 spiro atoms. The molecular weight excluding hydrogens is 482 g/mol. The predicted octanol–water partition coefficient (Wildman–Crippen LogP) is 5.52. The molecule has 1 fully saturated rings. The molecule has 8 heteroatoms. The highest BCUT2D eigenvalue weighted by atomic mass is 16.5. The van der Waals surface area contributed by atoms with Crippen molar-refractivity contribution in [3.63, 3.8) is 0 Å². The van der Waals surface area contributed by atoms with Crippen LogP contribution >= 0.6 is 0 Å². The third kappa shape index (κ3) is 4.70. The summed E-state index contributed by atoms with van der Waals surface area (Å²) in [7, 11) is 3.27. The number of nitrogens with zero attached hydrogens (tertiary/aromatic N) is 3. The topological polar surface area (TPSA) is 79.1 Å². The number of hydrogen-bond donors (Lipinski definition) is 0. The van der Waals surface area contributed by atoms with Crippen molar-refractivity contribution in [2.75, 3.05) is 52.0 Å². The Morgan fingerprint density at radius 2 is 1.76 bits per heavy atom. The van der Waals surface area contributed by atoms with E-state index in [1.807, 2.05) is 48.5 Å². The molecule has 6 rings (SSSR count). The van der Waals surface area contributed by atoms with E-state index >= 15 is 0 Å². The van der Waals surface area contributed by atoms with Gasteiger partial charge >= 0.3 is 6.01 Å². The molecule has 0 N–H and O–H groups in total. The van der Waals surface area contributed by atoms with E-state index in [1.54, 1.807) is 14.2 Å². The molecule has 0 radical (unpaired) electrons. The monoisotopic (exact) mass is 511 g/mol. The summed E-state index contributed by atoms with van der Waals surface area (Å²) in [6.45, 7) is 3.21. The molecule has 8 nitrogen and oxygen atoms in total. The van der Waals surface area contributed by atoms with Crippen molar-refractivity contribution in [3.05, 3.63) is 72.3 Å². The van der Waals surface area contributed by atoms with Gasteiger partial charge in [0.25, 0.3) is 0 Å². The Morgan fingerprint density at radius 3 is 2.58 bits per heavy atom. The van der Waals surface area contributed by atoms with Gasteiger partial charge in [0.15, 0.2) is 11.5 Å². The van der Waals surface area contributed by atoms with Crippen molar-refractivity contribution < 1.29 is 23.4 Å². The summed E-state index contributed by atoms with van der Waals surface area (Å²) < 4.78 is 28.8. The summed E-state index contributed by atoms with van der Waals surface area (Å²) in [5.41, 5.74) is 3.65. The molecule has 1 saturated heterocycles. The molecule has 194 valence electrons. The number of rotatable bonds is 8. The van der Waals surface area contributed by atoms with Gasteiger partial charge in [-0.1, -0.05) is 30.3 Å². The summed E-state index contributed by atoms with van der Waals surface area (Å²) in [5.74, 6) is 3.06. The van der Waals surface area contributed by atoms with Gasteiger partial charge in [0.2, 0.25) is 0 Å². The molecule has 0 bridgehead atoms. The fraction of sp³-hybridized carbons (Fsp3) is 0.267. The van der Waals surface area contributed by atoms with Crippen molar-refractivity contribution in [1.82, 2.24) is 9.97 Å². The van der Waals surface area contributed by atoms with Gasteiger partial charge < -0.3 is 28.3 Å². The molecule has 3 aromatic carbocycles. The minimum atomic E-state index is 0.345. The van der Waals surface area contributed by atoms with Gasteiger partial charge in [-0.25, -0.2) is 0 Å². The number of ether oxygens (including phenoxy) is 4. The van der Waals surface area contributed by atoms with Crippen LogP contribution in [0.25, 0.3) is 33.2 Å². The number of benzene rings is 3. The van der Waals surface area contributed by atoms with Crippen LogP contribution in [0, 0.1) is 0 Å². The third-order valence-electron chi connectivity index (χ3n) is 6.76. The Kier molecular flexibility index (Phi) is 6.71. The van der Waals surface area contributed by atoms with E-state index in [9.17, 15) is 0 Å². The first kappa shape index (κ1) is 24.1. The third-order valence-corrected chi connectivity index (χ3v) is 6.76. The lowest BCUT2D eigenvalue weighted by atomic mass is 10.1. The summed E-state index contributed by atoms with van der Waals surface area (Å²) >= 11 is 0. The lowest BCUT2D eigenvalue weighted by Crippen LogP contribution is -2.37. The smallest absolute Gasteiger partial charge is 0.318 e. The highest BCUT2D eigenvalue weighted by Crippen LogP contribution is 2.34.